The summed E-state index contributed by atoms with van der Waals surface area (Å²) >= 11 is 0. The summed E-state index contributed by atoms with van der Waals surface area (Å²) in [6.45, 7) is 12.3. The highest BCUT2D eigenvalue weighted by Crippen LogP contribution is 2.29. The topological polar surface area (TPSA) is 187 Å². The lowest BCUT2D eigenvalue weighted by atomic mass is 9.86. The Kier molecular flexibility index (Phi) is 10.7. The third-order valence-electron chi connectivity index (χ3n) is 5.68. The molecule has 8 N–H and O–H groups in total. The molecule has 0 saturated carbocycles. The summed E-state index contributed by atoms with van der Waals surface area (Å²) in [7, 11) is 0. The minimum atomic E-state index is -1.15. The maximum absolute atomic E-state index is 10.7. The van der Waals surface area contributed by atoms with Crippen LogP contribution in [0.15, 0.2) is 12.7 Å². The van der Waals surface area contributed by atoms with Crippen molar-refractivity contribution >= 4 is 5.97 Å². The van der Waals surface area contributed by atoms with Gasteiger partial charge in [0.15, 0.2) is 0 Å². The van der Waals surface area contributed by atoms with Crippen molar-refractivity contribution in [2.24, 2.45) is 11.5 Å². The second-order valence-electron chi connectivity index (χ2n) is 9.16. The molecule has 8 unspecified atom stereocenters. The first-order chi connectivity index (χ1) is 14.7. The smallest absolute Gasteiger partial charge is 0.302 e. The summed E-state index contributed by atoms with van der Waals surface area (Å²) in [6, 6.07) is -1.30. The van der Waals surface area contributed by atoms with Crippen LogP contribution in [0.1, 0.15) is 34.6 Å². The molecule has 8 atom stereocenters. The van der Waals surface area contributed by atoms with Gasteiger partial charge in [-0.15, -0.1) is 6.58 Å². The second kappa shape index (κ2) is 11.8. The number of carbonyl (C=O) groups excluding carboxylic acids is 1. The van der Waals surface area contributed by atoms with E-state index < -0.39 is 65.9 Å². The van der Waals surface area contributed by atoms with E-state index in [1.54, 1.807) is 33.8 Å². The average molecular weight is 465 g/mol. The molecule has 2 rings (SSSR count). The van der Waals surface area contributed by atoms with Gasteiger partial charge in [-0.1, -0.05) is 6.08 Å². The van der Waals surface area contributed by atoms with Crippen LogP contribution in [-0.4, -0.2) is 106 Å². The molecule has 2 heterocycles. The molecule has 32 heavy (non-hydrogen) atoms. The van der Waals surface area contributed by atoms with Gasteiger partial charge in [-0.25, -0.2) is 0 Å². The molecule has 0 bridgehead atoms. The Morgan fingerprint density at radius 3 is 1.69 bits per heavy atom. The zero-order chi connectivity index (χ0) is 24.9. The van der Waals surface area contributed by atoms with Crippen LogP contribution in [-0.2, 0) is 23.7 Å². The maximum Gasteiger partial charge on any atom is 0.302 e. The molecule has 11 nitrogen and oxygen atoms in total. The minimum absolute atomic E-state index is 0.0935. The number of aliphatic hydroxyl groups excluding tert-OH is 4. The Balaban J connectivity index is 0.000000320. The largest absolute Gasteiger partial charge is 0.463 e. The van der Waals surface area contributed by atoms with Gasteiger partial charge in [0.25, 0.3) is 0 Å². The fourth-order valence-corrected chi connectivity index (χ4v) is 3.50. The Bertz CT molecular complexity index is 616. The van der Waals surface area contributed by atoms with Gasteiger partial charge in [-0.2, -0.15) is 0 Å². The van der Waals surface area contributed by atoms with Gasteiger partial charge in [-0.3, -0.25) is 4.79 Å². The van der Waals surface area contributed by atoms with E-state index in [1.165, 1.54) is 6.92 Å². The van der Waals surface area contributed by atoms with Crippen LogP contribution in [0.3, 0.4) is 0 Å². The number of hydrogen-bond acceptors (Lipinski definition) is 11. The van der Waals surface area contributed by atoms with E-state index >= 15 is 0 Å². The minimum Gasteiger partial charge on any atom is -0.463 e. The number of rotatable bonds is 6. The van der Waals surface area contributed by atoms with Crippen LogP contribution >= 0.6 is 0 Å². The van der Waals surface area contributed by atoms with Gasteiger partial charge < -0.3 is 50.8 Å². The molecular formula is C21H40N2O9. The van der Waals surface area contributed by atoms with E-state index in [0.29, 0.717) is 6.61 Å². The van der Waals surface area contributed by atoms with Crippen molar-refractivity contribution in [3.05, 3.63) is 12.7 Å². The second-order valence-corrected chi connectivity index (χ2v) is 9.16. The van der Waals surface area contributed by atoms with Gasteiger partial charge in [0.1, 0.15) is 43.2 Å². The Hall–Kier alpha value is -1.15. The number of carbonyl (C=O) groups is 1. The van der Waals surface area contributed by atoms with E-state index in [-0.39, 0.29) is 13.2 Å². The Morgan fingerprint density at radius 1 is 0.906 bits per heavy atom. The summed E-state index contributed by atoms with van der Waals surface area (Å²) in [4.78, 5) is 10.7. The summed E-state index contributed by atoms with van der Waals surface area (Å²) in [5.74, 6) is -0.460. The van der Waals surface area contributed by atoms with E-state index in [4.69, 9.17) is 30.4 Å². The summed E-state index contributed by atoms with van der Waals surface area (Å²) in [6.07, 6.45) is -3.97. The van der Waals surface area contributed by atoms with Gasteiger partial charge >= 0.3 is 5.97 Å². The fourth-order valence-electron chi connectivity index (χ4n) is 3.50. The number of aliphatic hydroxyl groups is 4. The summed E-state index contributed by atoms with van der Waals surface area (Å²) in [5.41, 5.74) is 10.0. The molecule has 2 aliphatic rings. The lowest BCUT2D eigenvalue weighted by Crippen LogP contribution is -2.66. The molecule has 0 spiro atoms. The molecule has 2 fully saturated rings. The van der Waals surface area contributed by atoms with Gasteiger partial charge in [0.05, 0.1) is 36.5 Å². The first-order valence-corrected chi connectivity index (χ1v) is 10.6. The maximum atomic E-state index is 10.7. The zero-order valence-corrected chi connectivity index (χ0v) is 19.5. The third kappa shape index (κ3) is 7.44. The highest BCUT2D eigenvalue weighted by Gasteiger charge is 2.48. The van der Waals surface area contributed by atoms with E-state index in [2.05, 4.69) is 6.58 Å². The number of esters is 1. The Labute approximate surface area is 189 Å². The van der Waals surface area contributed by atoms with Crippen molar-refractivity contribution in [2.45, 2.75) is 94.5 Å². The molecule has 0 aromatic carbocycles. The third-order valence-corrected chi connectivity index (χ3v) is 5.68. The lowest BCUT2D eigenvalue weighted by molar-refractivity contribution is -0.224. The molecular weight excluding hydrogens is 424 g/mol. The molecule has 0 radical (unpaired) electrons. The molecule has 0 aromatic rings. The van der Waals surface area contributed by atoms with E-state index in [0.717, 1.165) is 0 Å². The molecule has 11 heteroatoms. The van der Waals surface area contributed by atoms with Crippen molar-refractivity contribution in [3.63, 3.8) is 0 Å². The summed E-state index contributed by atoms with van der Waals surface area (Å²) < 4.78 is 21.1. The van der Waals surface area contributed by atoms with Gasteiger partial charge in [0.2, 0.25) is 0 Å². The highest BCUT2D eigenvalue weighted by molar-refractivity contribution is 5.65. The number of ether oxygens (including phenoxy) is 4. The predicted octanol–water partition coefficient (Wildman–Crippen LogP) is -1.81. The molecule has 2 saturated heterocycles. The van der Waals surface area contributed by atoms with Crippen LogP contribution in [0.2, 0.25) is 0 Å². The number of hydrogen-bond donors (Lipinski definition) is 6. The fraction of sp³-hybridized carbons (Fsp3) is 0.857. The molecule has 0 amide bonds. The van der Waals surface area contributed by atoms with Gasteiger partial charge in [-0.05, 0) is 27.7 Å². The van der Waals surface area contributed by atoms with Crippen LogP contribution in [0.4, 0.5) is 0 Å². The lowest BCUT2D eigenvalue weighted by Gasteiger charge is -2.46. The van der Waals surface area contributed by atoms with E-state index in [1.807, 2.05) is 0 Å². The van der Waals surface area contributed by atoms with Crippen molar-refractivity contribution in [1.82, 2.24) is 0 Å². The normalized spacial score (nSPS) is 38.2. The molecule has 2 aliphatic heterocycles. The monoisotopic (exact) mass is 464 g/mol. The average Bonchev–Trinajstić information content (AvgIpc) is 2.71. The van der Waals surface area contributed by atoms with Crippen LogP contribution in [0, 0.1) is 0 Å². The molecule has 188 valence electrons. The quantitative estimate of drug-likeness (QED) is 0.148. The van der Waals surface area contributed by atoms with Crippen LogP contribution in [0.25, 0.3) is 0 Å². The van der Waals surface area contributed by atoms with E-state index in [9.17, 15) is 25.2 Å². The first-order valence-electron chi connectivity index (χ1n) is 10.6. The first kappa shape index (κ1) is 28.9. The van der Waals surface area contributed by atoms with Gasteiger partial charge in [0, 0.05) is 6.92 Å². The highest BCUT2D eigenvalue weighted by atomic mass is 16.6. The molecule has 0 aliphatic carbocycles. The van der Waals surface area contributed by atoms with Crippen LogP contribution in [0.5, 0.6) is 0 Å². The van der Waals surface area contributed by atoms with Crippen LogP contribution < -0.4 is 11.5 Å². The zero-order valence-electron chi connectivity index (χ0n) is 19.5. The van der Waals surface area contributed by atoms with Crippen molar-refractivity contribution in [2.75, 3.05) is 19.8 Å². The van der Waals surface area contributed by atoms with Crippen molar-refractivity contribution in [3.8, 4) is 0 Å². The number of nitrogens with two attached hydrogens (primary N) is 2. The standard InChI is InChI=1S/C11H21NO4.C10H19NO5/c1-4-5-15-6-7-8(13)9(14)10(12)11(2,3)16-7;1-5(12)15-4-6-7(13)8(14)9(11)10(2,3)16-6/h4,7-10,13-14H,1,5-6,12H2,2-3H3;6-9,13-14H,4,11H2,1-3H3. The summed E-state index contributed by atoms with van der Waals surface area (Å²) in [5, 5.41) is 39.0. The SMILES string of the molecule is C=CCOCC1OC(C)(C)C(N)C(O)C1O.CC(=O)OCC1OC(C)(C)C(N)C(O)C1O. The predicted molar refractivity (Wildman–Crippen MR) is 116 cm³/mol. The van der Waals surface area contributed by atoms with Crippen molar-refractivity contribution in [1.29, 1.82) is 0 Å². The molecule has 0 aromatic heterocycles. The Morgan fingerprint density at radius 2 is 1.31 bits per heavy atom. The van der Waals surface area contributed by atoms with Crippen molar-refractivity contribution < 1.29 is 44.2 Å².